The lowest BCUT2D eigenvalue weighted by Gasteiger charge is -2.36. The van der Waals surface area contributed by atoms with Gasteiger partial charge in [0.2, 0.25) is 0 Å². The maximum Gasteiger partial charge on any atom is 0.296 e. The highest BCUT2D eigenvalue weighted by Gasteiger charge is 2.66. The van der Waals surface area contributed by atoms with Crippen molar-refractivity contribution >= 4 is 29.0 Å². The monoisotopic (exact) mass is 461 g/mol. The molecule has 1 atom stereocenters. The highest BCUT2D eigenvalue weighted by atomic mass is 16.5. The minimum atomic E-state index is -1.70. The van der Waals surface area contributed by atoms with E-state index in [1.807, 2.05) is 19.1 Å². The molecule has 8 nitrogen and oxygen atoms in total. The fraction of sp³-hybridized carbons (Fsp3) is 0.346. The molecule has 3 aliphatic rings. The van der Waals surface area contributed by atoms with Crippen LogP contribution in [0.3, 0.4) is 0 Å². The Morgan fingerprint density at radius 2 is 1.65 bits per heavy atom. The molecule has 0 saturated carbocycles. The number of anilines is 1. The molecule has 3 heterocycles. The van der Waals surface area contributed by atoms with Crippen LogP contribution in [0.1, 0.15) is 18.1 Å². The van der Waals surface area contributed by atoms with Gasteiger partial charge in [-0.3, -0.25) is 19.3 Å². The molecule has 2 amide bonds. The summed E-state index contributed by atoms with van der Waals surface area (Å²) in [7, 11) is 0. The van der Waals surface area contributed by atoms with Crippen molar-refractivity contribution in [3.8, 4) is 0 Å². The van der Waals surface area contributed by atoms with E-state index in [9.17, 15) is 19.5 Å². The molecule has 5 rings (SSSR count). The van der Waals surface area contributed by atoms with Gasteiger partial charge in [-0.25, -0.2) is 0 Å². The van der Waals surface area contributed by atoms with Crippen LogP contribution in [-0.2, 0) is 24.7 Å². The molecular weight excluding hydrogens is 434 g/mol. The van der Waals surface area contributed by atoms with E-state index >= 15 is 0 Å². The van der Waals surface area contributed by atoms with Crippen LogP contribution in [0.4, 0.5) is 5.69 Å². The van der Waals surface area contributed by atoms with Gasteiger partial charge in [0.25, 0.3) is 17.6 Å². The first-order valence-corrected chi connectivity index (χ1v) is 11.6. The molecule has 2 aromatic carbocycles. The number of likely N-dealkylation sites (N-methyl/N-ethyl adjacent to an activating group) is 1. The van der Waals surface area contributed by atoms with Crippen LogP contribution >= 0.6 is 0 Å². The Balaban J connectivity index is 1.71. The molecule has 2 fully saturated rings. The first-order valence-electron chi connectivity index (χ1n) is 11.6. The fourth-order valence-corrected chi connectivity index (χ4v) is 5.29. The molecule has 8 heteroatoms. The van der Waals surface area contributed by atoms with Gasteiger partial charge in [-0.2, -0.15) is 0 Å². The summed E-state index contributed by atoms with van der Waals surface area (Å²) in [6, 6.07) is 15.8. The molecule has 0 aromatic heterocycles. The van der Waals surface area contributed by atoms with Crippen LogP contribution < -0.4 is 4.90 Å². The highest BCUT2D eigenvalue weighted by molar-refractivity contribution is 6.50. The van der Waals surface area contributed by atoms with Gasteiger partial charge in [0.05, 0.1) is 24.5 Å². The van der Waals surface area contributed by atoms with Crippen molar-refractivity contribution in [3.63, 3.8) is 0 Å². The second-order valence-corrected chi connectivity index (χ2v) is 8.61. The van der Waals surface area contributed by atoms with E-state index in [0.29, 0.717) is 56.2 Å². The van der Waals surface area contributed by atoms with Crippen molar-refractivity contribution in [2.24, 2.45) is 0 Å². The molecule has 1 unspecified atom stereocenters. The number of carbonyl (C=O) groups excluding carboxylic acids is 3. The summed E-state index contributed by atoms with van der Waals surface area (Å²) in [6.07, 6.45) is 0. The summed E-state index contributed by atoms with van der Waals surface area (Å²) in [5, 5.41) is 11.4. The third-order valence-corrected chi connectivity index (χ3v) is 6.92. The van der Waals surface area contributed by atoms with Crippen LogP contribution in [0.5, 0.6) is 0 Å². The molecule has 2 aromatic rings. The predicted octanol–water partition coefficient (Wildman–Crippen LogP) is 1.96. The quantitative estimate of drug-likeness (QED) is 0.416. The number of ketones is 1. The van der Waals surface area contributed by atoms with Gasteiger partial charge in [0, 0.05) is 43.9 Å². The zero-order chi connectivity index (χ0) is 23.9. The summed E-state index contributed by atoms with van der Waals surface area (Å²) >= 11 is 0. The van der Waals surface area contributed by atoms with Crippen LogP contribution in [0.15, 0.2) is 60.2 Å². The summed E-state index contributed by atoms with van der Waals surface area (Å²) in [6.45, 7) is 5.52. The minimum absolute atomic E-state index is 0.168. The molecule has 0 radical (unpaired) electrons. The number of amides is 2. The number of morpholine rings is 1. The molecule has 2 saturated heterocycles. The molecule has 3 aliphatic heterocycles. The number of hydrogen-bond donors (Lipinski definition) is 1. The second kappa shape index (κ2) is 8.70. The van der Waals surface area contributed by atoms with Gasteiger partial charge < -0.3 is 19.6 Å². The standard InChI is InChI=1S/C26H27N3O5/c1-2-28-20-11-7-6-10-19(20)26(25(28)33)21(22(30)18-8-4-3-5-9-18)23(31)24(32)29(26)13-12-27-14-16-34-17-15-27/h3-11,30H,2,12-17H2,1H3/b22-21-. The van der Waals surface area contributed by atoms with Crippen LogP contribution in [-0.4, -0.2) is 78.4 Å². The topological polar surface area (TPSA) is 90.4 Å². The van der Waals surface area contributed by atoms with E-state index in [-0.39, 0.29) is 17.9 Å². The van der Waals surface area contributed by atoms with Crippen molar-refractivity contribution in [3.05, 3.63) is 71.3 Å². The maximum absolute atomic E-state index is 14.1. The first-order chi connectivity index (χ1) is 16.5. The smallest absolute Gasteiger partial charge is 0.296 e. The molecule has 0 aliphatic carbocycles. The number of Topliss-reactive ketones (excluding diaryl/α,β-unsaturated/α-hetero) is 1. The number of rotatable bonds is 5. The first kappa shape index (κ1) is 22.3. The Bertz CT molecular complexity index is 1170. The number of aliphatic hydroxyl groups excluding tert-OH is 1. The normalized spacial score (nSPS) is 24.3. The Morgan fingerprint density at radius 3 is 2.35 bits per heavy atom. The highest BCUT2D eigenvalue weighted by Crippen LogP contribution is 2.53. The van der Waals surface area contributed by atoms with Gasteiger partial charge in [-0.15, -0.1) is 0 Å². The summed E-state index contributed by atoms with van der Waals surface area (Å²) in [5.41, 5.74) is -0.299. The number of nitrogens with zero attached hydrogens (tertiary/aromatic N) is 3. The van der Waals surface area contributed by atoms with Crippen molar-refractivity contribution in [1.82, 2.24) is 9.80 Å². The summed E-state index contributed by atoms with van der Waals surface area (Å²) < 4.78 is 5.42. The van der Waals surface area contributed by atoms with E-state index in [0.717, 1.165) is 0 Å². The van der Waals surface area contributed by atoms with Crippen LogP contribution in [0, 0.1) is 0 Å². The van der Waals surface area contributed by atoms with E-state index in [4.69, 9.17) is 4.74 Å². The number of likely N-dealkylation sites (tertiary alicyclic amines) is 1. The largest absolute Gasteiger partial charge is 0.507 e. The van der Waals surface area contributed by atoms with Crippen molar-refractivity contribution in [2.45, 2.75) is 12.5 Å². The average Bonchev–Trinajstić information content (AvgIpc) is 3.26. The van der Waals surface area contributed by atoms with Gasteiger partial charge in [-0.05, 0) is 13.0 Å². The van der Waals surface area contributed by atoms with E-state index in [1.54, 1.807) is 47.4 Å². The molecule has 34 heavy (non-hydrogen) atoms. The number of benzene rings is 2. The number of carbonyl (C=O) groups is 3. The number of hydrogen-bond acceptors (Lipinski definition) is 6. The molecule has 1 N–H and O–H groups in total. The molecular formula is C26H27N3O5. The van der Waals surface area contributed by atoms with Crippen molar-refractivity contribution in [1.29, 1.82) is 0 Å². The number of aliphatic hydroxyl groups is 1. The fourth-order valence-electron chi connectivity index (χ4n) is 5.29. The Morgan fingerprint density at radius 1 is 0.971 bits per heavy atom. The maximum atomic E-state index is 14.1. The van der Waals surface area contributed by atoms with Gasteiger partial charge >= 0.3 is 0 Å². The SMILES string of the molecule is CCN1C(=O)C2(/C(=C(\O)c3ccccc3)C(=O)C(=O)N2CCN2CCOCC2)c2ccccc21. The van der Waals surface area contributed by atoms with E-state index in [2.05, 4.69) is 4.90 Å². The third-order valence-electron chi connectivity index (χ3n) is 6.92. The predicted molar refractivity (Wildman–Crippen MR) is 126 cm³/mol. The van der Waals surface area contributed by atoms with Gasteiger partial charge in [-0.1, -0.05) is 48.5 Å². The molecule has 176 valence electrons. The lowest BCUT2D eigenvalue weighted by Crippen LogP contribution is -2.54. The van der Waals surface area contributed by atoms with E-state index < -0.39 is 23.1 Å². The average molecular weight is 462 g/mol. The Labute approximate surface area is 198 Å². The lowest BCUT2D eigenvalue weighted by atomic mass is 9.82. The van der Waals surface area contributed by atoms with Crippen molar-refractivity contribution in [2.75, 3.05) is 50.8 Å². The molecule has 0 bridgehead atoms. The summed E-state index contributed by atoms with van der Waals surface area (Å²) in [5.74, 6) is -2.35. The van der Waals surface area contributed by atoms with Crippen LogP contribution in [0.2, 0.25) is 0 Å². The number of fused-ring (bicyclic) bond motifs is 2. The minimum Gasteiger partial charge on any atom is -0.507 e. The Hall–Kier alpha value is -3.49. The number of ether oxygens (including phenoxy) is 1. The third kappa shape index (κ3) is 3.17. The Kier molecular flexibility index (Phi) is 5.71. The molecule has 1 spiro atoms. The van der Waals surface area contributed by atoms with Gasteiger partial charge in [0.15, 0.2) is 5.54 Å². The lowest BCUT2D eigenvalue weighted by molar-refractivity contribution is -0.144. The second-order valence-electron chi connectivity index (χ2n) is 8.61. The van der Waals surface area contributed by atoms with Gasteiger partial charge in [0.1, 0.15) is 5.76 Å². The van der Waals surface area contributed by atoms with Crippen LogP contribution in [0.25, 0.3) is 5.76 Å². The zero-order valence-corrected chi connectivity index (χ0v) is 19.1. The van der Waals surface area contributed by atoms with Crippen molar-refractivity contribution < 1.29 is 24.2 Å². The number of para-hydroxylation sites is 1. The zero-order valence-electron chi connectivity index (χ0n) is 19.1. The van der Waals surface area contributed by atoms with E-state index in [1.165, 1.54) is 4.90 Å². The summed E-state index contributed by atoms with van der Waals surface area (Å²) in [4.78, 5) is 46.2.